The minimum absolute atomic E-state index is 0.407. The van der Waals surface area contributed by atoms with Crippen molar-refractivity contribution in [2.75, 3.05) is 5.75 Å². The SMILES string of the molecule is C=C(C)CSc1nc(-c2cc3ccccc3oc2=O)cn1-c1ccc(Cl)cc1. The zero-order valence-electron chi connectivity index (χ0n) is 15.2. The lowest BCUT2D eigenvalue weighted by Gasteiger charge is -2.07. The normalized spacial score (nSPS) is 11.1. The number of hydrogen-bond acceptors (Lipinski definition) is 4. The Kier molecular flexibility index (Phi) is 5.11. The number of aromatic nitrogens is 2. The molecule has 2 aromatic heterocycles. The molecular formula is C22H17ClN2O2S. The second-order valence-corrected chi connectivity index (χ2v) is 7.87. The van der Waals surface area contributed by atoms with Crippen LogP contribution in [0.4, 0.5) is 0 Å². The van der Waals surface area contributed by atoms with Gasteiger partial charge in [-0.15, -0.1) is 0 Å². The summed E-state index contributed by atoms with van der Waals surface area (Å²) < 4.78 is 7.43. The molecule has 4 nitrogen and oxygen atoms in total. The number of halogens is 1. The first-order valence-corrected chi connectivity index (χ1v) is 10.0. The molecular weight excluding hydrogens is 392 g/mol. The smallest absolute Gasteiger partial charge is 0.345 e. The summed E-state index contributed by atoms with van der Waals surface area (Å²) in [5.41, 5.74) is 3.11. The van der Waals surface area contributed by atoms with Gasteiger partial charge in [0, 0.05) is 28.0 Å². The molecule has 0 aliphatic heterocycles. The lowest BCUT2D eigenvalue weighted by atomic mass is 10.1. The van der Waals surface area contributed by atoms with Gasteiger partial charge in [-0.25, -0.2) is 9.78 Å². The van der Waals surface area contributed by atoms with E-state index in [0.717, 1.165) is 27.6 Å². The fraction of sp³-hybridized carbons (Fsp3) is 0.0909. The Morgan fingerprint density at radius 1 is 1.21 bits per heavy atom. The highest BCUT2D eigenvalue weighted by molar-refractivity contribution is 7.99. The standard InChI is InChI=1S/C22H17ClN2O2S/c1-14(2)13-28-22-24-19(12-25(22)17-9-7-16(23)8-10-17)18-11-15-5-3-4-6-20(15)27-21(18)26/h3-12H,1,13H2,2H3. The molecule has 2 aromatic carbocycles. The molecule has 4 aromatic rings. The molecule has 0 radical (unpaired) electrons. The van der Waals surface area contributed by atoms with E-state index in [9.17, 15) is 4.79 Å². The quantitative estimate of drug-likeness (QED) is 0.232. The van der Waals surface area contributed by atoms with E-state index in [1.807, 2.05) is 66.2 Å². The van der Waals surface area contributed by atoms with Crippen molar-refractivity contribution in [3.05, 3.63) is 88.4 Å². The van der Waals surface area contributed by atoms with Gasteiger partial charge in [0.15, 0.2) is 5.16 Å². The number of fused-ring (bicyclic) bond motifs is 1. The van der Waals surface area contributed by atoms with Crippen LogP contribution >= 0.6 is 23.4 Å². The van der Waals surface area contributed by atoms with Gasteiger partial charge in [-0.2, -0.15) is 0 Å². The fourth-order valence-electron chi connectivity index (χ4n) is 2.81. The summed E-state index contributed by atoms with van der Waals surface area (Å²) in [5, 5.41) is 2.29. The summed E-state index contributed by atoms with van der Waals surface area (Å²) in [5.74, 6) is 0.733. The minimum Gasteiger partial charge on any atom is -0.422 e. The summed E-state index contributed by atoms with van der Waals surface area (Å²) in [4.78, 5) is 17.3. The van der Waals surface area contributed by atoms with Crippen molar-refractivity contribution in [2.45, 2.75) is 12.1 Å². The highest BCUT2D eigenvalue weighted by atomic mass is 35.5. The van der Waals surface area contributed by atoms with Gasteiger partial charge >= 0.3 is 5.63 Å². The van der Waals surface area contributed by atoms with Gasteiger partial charge < -0.3 is 4.42 Å². The summed E-state index contributed by atoms with van der Waals surface area (Å²) in [6, 6.07) is 16.8. The molecule has 0 amide bonds. The van der Waals surface area contributed by atoms with Crippen LogP contribution in [0.3, 0.4) is 0 Å². The molecule has 0 atom stereocenters. The molecule has 28 heavy (non-hydrogen) atoms. The predicted octanol–water partition coefficient (Wildman–Crippen LogP) is 5.97. The molecule has 0 saturated heterocycles. The van der Waals surface area contributed by atoms with Crippen LogP contribution in [0.5, 0.6) is 0 Å². The Hall–Kier alpha value is -2.76. The van der Waals surface area contributed by atoms with Crippen molar-refractivity contribution >= 4 is 34.3 Å². The molecule has 140 valence electrons. The van der Waals surface area contributed by atoms with E-state index in [1.54, 1.807) is 17.8 Å². The summed E-state index contributed by atoms with van der Waals surface area (Å²) in [6.07, 6.45) is 1.85. The average molecular weight is 409 g/mol. The predicted molar refractivity (Wildman–Crippen MR) is 116 cm³/mol. The Morgan fingerprint density at radius 3 is 2.71 bits per heavy atom. The van der Waals surface area contributed by atoms with Gasteiger partial charge in [-0.1, -0.05) is 53.7 Å². The molecule has 0 spiro atoms. The maximum atomic E-state index is 12.5. The third-order valence-corrected chi connectivity index (χ3v) is 5.58. The third-order valence-electron chi connectivity index (χ3n) is 4.14. The topological polar surface area (TPSA) is 48.0 Å². The zero-order valence-corrected chi connectivity index (χ0v) is 16.8. The summed E-state index contributed by atoms with van der Waals surface area (Å²) >= 11 is 7.59. The van der Waals surface area contributed by atoms with E-state index in [0.29, 0.717) is 21.9 Å². The monoisotopic (exact) mass is 408 g/mol. The second kappa shape index (κ2) is 7.70. The van der Waals surface area contributed by atoms with Crippen molar-refractivity contribution in [3.8, 4) is 16.9 Å². The molecule has 4 rings (SSSR count). The number of thioether (sulfide) groups is 1. The van der Waals surface area contributed by atoms with Gasteiger partial charge in [-0.05, 0) is 43.3 Å². The molecule has 0 saturated carbocycles. The fourth-order valence-corrected chi connectivity index (χ4v) is 3.77. The largest absolute Gasteiger partial charge is 0.422 e. The van der Waals surface area contributed by atoms with Crippen molar-refractivity contribution in [1.82, 2.24) is 9.55 Å². The van der Waals surface area contributed by atoms with Crippen LogP contribution in [0.15, 0.2) is 87.3 Å². The van der Waals surface area contributed by atoms with Crippen LogP contribution < -0.4 is 5.63 Å². The number of rotatable bonds is 5. The number of hydrogen-bond donors (Lipinski definition) is 0. The molecule has 0 unspecified atom stereocenters. The van der Waals surface area contributed by atoms with Crippen LogP contribution in [-0.4, -0.2) is 15.3 Å². The minimum atomic E-state index is -0.407. The molecule has 0 aliphatic rings. The molecule has 0 bridgehead atoms. The van der Waals surface area contributed by atoms with Crippen molar-refractivity contribution in [3.63, 3.8) is 0 Å². The van der Waals surface area contributed by atoms with Crippen LogP contribution in [0.25, 0.3) is 27.9 Å². The average Bonchev–Trinajstić information content (AvgIpc) is 3.10. The van der Waals surface area contributed by atoms with E-state index in [-0.39, 0.29) is 0 Å². The van der Waals surface area contributed by atoms with Crippen molar-refractivity contribution in [1.29, 1.82) is 0 Å². The Morgan fingerprint density at radius 2 is 1.96 bits per heavy atom. The van der Waals surface area contributed by atoms with Gasteiger partial charge in [-0.3, -0.25) is 4.57 Å². The van der Waals surface area contributed by atoms with E-state index < -0.39 is 5.63 Å². The van der Waals surface area contributed by atoms with Crippen LogP contribution in [0.1, 0.15) is 6.92 Å². The van der Waals surface area contributed by atoms with Gasteiger partial charge in [0.2, 0.25) is 0 Å². The lowest BCUT2D eigenvalue weighted by molar-refractivity contribution is 0.563. The molecule has 2 heterocycles. The highest BCUT2D eigenvalue weighted by Crippen LogP contribution is 2.28. The Labute approximate surface area is 171 Å². The summed E-state index contributed by atoms with van der Waals surface area (Å²) in [6.45, 7) is 5.93. The van der Waals surface area contributed by atoms with E-state index >= 15 is 0 Å². The first-order chi connectivity index (χ1) is 13.5. The summed E-state index contributed by atoms with van der Waals surface area (Å²) in [7, 11) is 0. The van der Waals surface area contributed by atoms with Gasteiger partial charge in [0.1, 0.15) is 5.58 Å². The number of benzene rings is 2. The van der Waals surface area contributed by atoms with Crippen LogP contribution in [0.2, 0.25) is 5.02 Å². The molecule has 0 aliphatic carbocycles. The first kappa shape index (κ1) is 18.6. The third kappa shape index (κ3) is 3.77. The maximum absolute atomic E-state index is 12.5. The Balaban J connectivity index is 1.85. The number of imidazole rings is 1. The Bertz CT molecular complexity index is 1230. The van der Waals surface area contributed by atoms with Gasteiger partial charge in [0.25, 0.3) is 0 Å². The van der Waals surface area contributed by atoms with Crippen LogP contribution in [-0.2, 0) is 0 Å². The van der Waals surface area contributed by atoms with Gasteiger partial charge in [0.05, 0.1) is 11.3 Å². The van der Waals surface area contributed by atoms with E-state index in [4.69, 9.17) is 21.0 Å². The van der Waals surface area contributed by atoms with Crippen molar-refractivity contribution in [2.24, 2.45) is 0 Å². The maximum Gasteiger partial charge on any atom is 0.345 e. The first-order valence-electron chi connectivity index (χ1n) is 8.67. The number of para-hydroxylation sites is 1. The van der Waals surface area contributed by atoms with E-state index in [2.05, 4.69) is 6.58 Å². The molecule has 0 fully saturated rings. The van der Waals surface area contributed by atoms with Crippen molar-refractivity contribution < 1.29 is 4.42 Å². The zero-order chi connectivity index (χ0) is 19.7. The number of nitrogens with zero attached hydrogens (tertiary/aromatic N) is 2. The lowest BCUT2D eigenvalue weighted by Crippen LogP contribution is -2.02. The van der Waals surface area contributed by atoms with Crippen LogP contribution in [0, 0.1) is 0 Å². The highest BCUT2D eigenvalue weighted by Gasteiger charge is 2.16. The molecule has 0 N–H and O–H groups in total. The molecule has 6 heteroatoms. The second-order valence-electron chi connectivity index (χ2n) is 6.49. The van der Waals surface area contributed by atoms with E-state index in [1.165, 1.54) is 0 Å².